The zero-order valence-electron chi connectivity index (χ0n) is 13.7. The highest BCUT2D eigenvalue weighted by Gasteiger charge is 2.22. The maximum Gasteiger partial charge on any atom is 0.220 e. The number of benzene rings is 1. The third kappa shape index (κ3) is 6.37. The molecule has 1 aromatic carbocycles. The van der Waals surface area contributed by atoms with Gasteiger partial charge in [-0.25, -0.2) is 0 Å². The fourth-order valence-corrected chi connectivity index (χ4v) is 2.83. The van der Waals surface area contributed by atoms with Crippen LogP contribution in [0.3, 0.4) is 0 Å². The summed E-state index contributed by atoms with van der Waals surface area (Å²) in [6, 6.07) is 8.98. The normalized spacial score (nSPS) is 21.0. The van der Waals surface area contributed by atoms with Crippen molar-refractivity contribution < 1.29 is 4.79 Å². The molecule has 0 spiro atoms. The fraction of sp³-hybridized carbons (Fsp3) is 0.611. The van der Waals surface area contributed by atoms with E-state index in [9.17, 15) is 4.79 Å². The van der Waals surface area contributed by atoms with E-state index in [1.807, 2.05) is 0 Å². The number of carbonyl (C=O) groups excluding carboxylic acids is 1. The Kier molecular flexibility index (Phi) is 8.51. The molecule has 0 aromatic heterocycles. The smallest absolute Gasteiger partial charge is 0.220 e. The van der Waals surface area contributed by atoms with E-state index in [0.29, 0.717) is 18.4 Å². The van der Waals surface area contributed by atoms with Gasteiger partial charge in [-0.15, -0.1) is 12.4 Å². The van der Waals surface area contributed by atoms with Gasteiger partial charge in [0, 0.05) is 19.0 Å². The predicted octanol–water partition coefficient (Wildman–Crippen LogP) is 3.24. The monoisotopic (exact) mass is 324 g/mol. The topological polar surface area (TPSA) is 41.1 Å². The zero-order chi connectivity index (χ0) is 15.1. The second-order valence-electron chi connectivity index (χ2n) is 6.34. The van der Waals surface area contributed by atoms with E-state index in [4.69, 9.17) is 0 Å². The van der Waals surface area contributed by atoms with Gasteiger partial charge in [-0.05, 0) is 50.6 Å². The Morgan fingerprint density at radius 3 is 2.68 bits per heavy atom. The van der Waals surface area contributed by atoms with E-state index >= 15 is 0 Å². The molecule has 2 atom stereocenters. The summed E-state index contributed by atoms with van der Waals surface area (Å²) in [5.74, 6) is 0.794. The van der Waals surface area contributed by atoms with Crippen LogP contribution in [0.25, 0.3) is 0 Å². The molecule has 22 heavy (non-hydrogen) atoms. The highest BCUT2D eigenvalue weighted by Crippen LogP contribution is 2.12. The number of aryl methyl sites for hydroxylation is 2. The molecule has 1 aliphatic heterocycles. The summed E-state index contributed by atoms with van der Waals surface area (Å²) in [5, 5.41) is 6.52. The molecular formula is C18H29ClN2O. The lowest BCUT2D eigenvalue weighted by atomic mass is 9.94. The van der Waals surface area contributed by atoms with Crippen molar-refractivity contribution in [1.29, 1.82) is 0 Å². The van der Waals surface area contributed by atoms with Crippen molar-refractivity contribution >= 4 is 18.3 Å². The number of rotatable bonds is 6. The number of carbonyl (C=O) groups is 1. The van der Waals surface area contributed by atoms with Gasteiger partial charge in [0.2, 0.25) is 5.91 Å². The lowest BCUT2D eigenvalue weighted by Gasteiger charge is -2.30. The minimum Gasteiger partial charge on any atom is -0.352 e. The van der Waals surface area contributed by atoms with E-state index in [-0.39, 0.29) is 18.3 Å². The van der Waals surface area contributed by atoms with E-state index < -0.39 is 0 Å². The van der Waals surface area contributed by atoms with Crippen LogP contribution in [0.15, 0.2) is 24.3 Å². The van der Waals surface area contributed by atoms with Crippen LogP contribution in [0, 0.1) is 12.8 Å². The maximum absolute atomic E-state index is 12.0. The molecule has 1 aliphatic rings. The fourth-order valence-electron chi connectivity index (χ4n) is 2.83. The Morgan fingerprint density at radius 1 is 1.27 bits per heavy atom. The van der Waals surface area contributed by atoms with Gasteiger partial charge in [-0.2, -0.15) is 0 Å². The molecule has 1 saturated heterocycles. The van der Waals surface area contributed by atoms with Crippen molar-refractivity contribution in [3.63, 3.8) is 0 Å². The van der Waals surface area contributed by atoms with Gasteiger partial charge in [0.05, 0.1) is 0 Å². The Balaban J connectivity index is 0.00000242. The lowest BCUT2D eigenvalue weighted by Crippen LogP contribution is -2.50. The van der Waals surface area contributed by atoms with Crippen LogP contribution in [0.2, 0.25) is 0 Å². The summed E-state index contributed by atoms with van der Waals surface area (Å²) in [4.78, 5) is 12.0. The van der Waals surface area contributed by atoms with Crippen LogP contribution in [0.5, 0.6) is 0 Å². The average molecular weight is 325 g/mol. The van der Waals surface area contributed by atoms with Crippen LogP contribution in [-0.4, -0.2) is 25.0 Å². The number of nitrogens with one attached hydrogen (secondary N) is 2. The molecule has 0 aliphatic carbocycles. The third-order valence-electron chi connectivity index (χ3n) is 4.41. The van der Waals surface area contributed by atoms with Crippen LogP contribution >= 0.6 is 12.4 Å². The molecule has 1 aromatic rings. The third-order valence-corrected chi connectivity index (χ3v) is 4.41. The number of hydrogen-bond acceptors (Lipinski definition) is 2. The number of amides is 1. The van der Waals surface area contributed by atoms with E-state index in [0.717, 1.165) is 38.8 Å². The highest BCUT2D eigenvalue weighted by atomic mass is 35.5. The standard InChI is InChI=1S/C18H28N2O.ClH/c1-14-7-9-16(10-8-14)5-3-4-6-18(21)20-17-13-19-12-11-15(17)2;/h7-10,15,17,19H,3-6,11-13H2,1-2H3,(H,20,21);1H. The Bertz CT molecular complexity index is 447. The summed E-state index contributed by atoms with van der Waals surface area (Å²) in [5.41, 5.74) is 2.67. The van der Waals surface area contributed by atoms with Gasteiger partial charge in [-0.1, -0.05) is 36.8 Å². The molecule has 2 unspecified atom stereocenters. The molecule has 124 valence electrons. The summed E-state index contributed by atoms with van der Waals surface area (Å²) in [6.45, 7) is 6.32. The second kappa shape index (κ2) is 9.86. The molecule has 0 bridgehead atoms. The zero-order valence-corrected chi connectivity index (χ0v) is 14.5. The second-order valence-corrected chi connectivity index (χ2v) is 6.34. The number of piperidine rings is 1. The first-order valence-electron chi connectivity index (χ1n) is 8.21. The van der Waals surface area contributed by atoms with Crippen molar-refractivity contribution in [3.8, 4) is 0 Å². The van der Waals surface area contributed by atoms with Gasteiger partial charge in [0.25, 0.3) is 0 Å². The summed E-state index contributed by atoms with van der Waals surface area (Å²) < 4.78 is 0. The van der Waals surface area contributed by atoms with E-state index in [2.05, 4.69) is 48.7 Å². The van der Waals surface area contributed by atoms with Crippen molar-refractivity contribution in [2.24, 2.45) is 5.92 Å². The summed E-state index contributed by atoms with van der Waals surface area (Å²) >= 11 is 0. The minimum atomic E-state index is 0. The quantitative estimate of drug-likeness (QED) is 0.789. The van der Waals surface area contributed by atoms with Crippen molar-refractivity contribution in [1.82, 2.24) is 10.6 Å². The molecule has 2 N–H and O–H groups in total. The Morgan fingerprint density at radius 2 is 2.00 bits per heavy atom. The van der Waals surface area contributed by atoms with Gasteiger partial charge in [-0.3, -0.25) is 4.79 Å². The summed E-state index contributed by atoms with van der Waals surface area (Å²) in [7, 11) is 0. The summed E-state index contributed by atoms with van der Waals surface area (Å²) in [6.07, 6.45) is 4.91. The Labute approximate surface area is 140 Å². The first-order chi connectivity index (χ1) is 10.1. The van der Waals surface area contributed by atoms with Gasteiger partial charge in [0.15, 0.2) is 0 Å². The van der Waals surface area contributed by atoms with Gasteiger partial charge < -0.3 is 10.6 Å². The van der Waals surface area contributed by atoms with Crippen LogP contribution in [0.1, 0.15) is 43.7 Å². The van der Waals surface area contributed by atoms with Crippen LogP contribution in [0.4, 0.5) is 0 Å². The highest BCUT2D eigenvalue weighted by molar-refractivity contribution is 5.85. The van der Waals surface area contributed by atoms with E-state index in [1.165, 1.54) is 11.1 Å². The number of hydrogen-bond donors (Lipinski definition) is 2. The number of unbranched alkanes of at least 4 members (excludes halogenated alkanes) is 1. The molecule has 3 nitrogen and oxygen atoms in total. The van der Waals surface area contributed by atoms with Crippen LogP contribution in [-0.2, 0) is 11.2 Å². The molecule has 4 heteroatoms. The lowest BCUT2D eigenvalue weighted by molar-refractivity contribution is -0.122. The molecule has 1 heterocycles. The molecule has 0 radical (unpaired) electrons. The van der Waals surface area contributed by atoms with Crippen molar-refractivity contribution in [3.05, 3.63) is 35.4 Å². The predicted molar refractivity (Wildman–Crippen MR) is 94.6 cm³/mol. The SMILES string of the molecule is Cc1ccc(CCCCC(=O)NC2CNCCC2C)cc1.Cl. The first-order valence-corrected chi connectivity index (χ1v) is 8.21. The minimum absolute atomic E-state index is 0. The van der Waals surface area contributed by atoms with E-state index in [1.54, 1.807) is 0 Å². The van der Waals surface area contributed by atoms with Crippen molar-refractivity contribution in [2.45, 2.75) is 52.0 Å². The van der Waals surface area contributed by atoms with Crippen LogP contribution < -0.4 is 10.6 Å². The number of halogens is 1. The first kappa shape index (κ1) is 19.0. The largest absolute Gasteiger partial charge is 0.352 e. The van der Waals surface area contributed by atoms with Gasteiger partial charge in [0.1, 0.15) is 0 Å². The Hall–Kier alpha value is -1.06. The average Bonchev–Trinajstić information content (AvgIpc) is 2.48. The molecule has 0 saturated carbocycles. The van der Waals surface area contributed by atoms with Gasteiger partial charge >= 0.3 is 0 Å². The molecular weight excluding hydrogens is 296 g/mol. The van der Waals surface area contributed by atoms with Crippen molar-refractivity contribution in [2.75, 3.05) is 13.1 Å². The molecule has 1 amide bonds. The molecule has 1 fully saturated rings. The molecule has 2 rings (SSSR count). The maximum atomic E-state index is 12.0.